The Kier molecular flexibility index (Phi) is 5.68. The molecule has 0 fully saturated rings. The molecule has 7 nitrogen and oxygen atoms in total. The van der Waals surface area contributed by atoms with E-state index in [2.05, 4.69) is 20.3 Å². The number of carbonyl (C=O) groups excluding carboxylic acids is 1. The largest absolute Gasteiger partial charge is 0.439 e. The molecule has 0 radical (unpaired) electrons. The van der Waals surface area contributed by atoms with Crippen molar-refractivity contribution in [2.45, 2.75) is 20.8 Å². The van der Waals surface area contributed by atoms with E-state index in [0.29, 0.717) is 39.5 Å². The zero-order chi connectivity index (χ0) is 22.0. The molecular formula is C23H20ClN5O2. The number of anilines is 1. The van der Waals surface area contributed by atoms with Crippen molar-refractivity contribution >= 4 is 23.2 Å². The van der Waals surface area contributed by atoms with Crippen LogP contribution < -0.4 is 10.1 Å². The molecule has 4 rings (SSSR count). The number of imidazole rings is 1. The summed E-state index contributed by atoms with van der Waals surface area (Å²) in [5.74, 6) is 2.07. The minimum Gasteiger partial charge on any atom is -0.439 e. The number of hydrogen-bond acceptors (Lipinski definition) is 5. The van der Waals surface area contributed by atoms with Gasteiger partial charge in [0, 0.05) is 28.0 Å². The van der Waals surface area contributed by atoms with Crippen LogP contribution in [-0.2, 0) is 0 Å². The molecule has 0 saturated heterocycles. The Morgan fingerprint density at radius 2 is 1.71 bits per heavy atom. The molecule has 2 heterocycles. The summed E-state index contributed by atoms with van der Waals surface area (Å²) in [6.45, 7) is 5.74. The molecule has 1 N–H and O–H groups in total. The summed E-state index contributed by atoms with van der Waals surface area (Å²) in [5, 5.41) is 3.43. The number of nitrogens with one attached hydrogen (secondary N) is 1. The number of aryl methyl sites for hydroxylation is 2. The maximum absolute atomic E-state index is 12.3. The summed E-state index contributed by atoms with van der Waals surface area (Å²) in [4.78, 5) is 25.5. The fourth-order valence-electron chi connectivity index (χ4n) is 2.96. The van der Waals surface area contributed by atoms with E-state index in [1.165, 1.54) is 0 Å². The second-order valence-electron chi connectivity index (χ2n) is 6.98. The number of rotatable bonds is 5. The van der Waals surface area contributed by atoms with Gasteiger partial charge in [-0.05, 0) is 69.3 Å². The van der Waals surface area contributed by atoms with Crippen LogP contribution in [0.25, 0.3) is 5.82 Å². The lowest BCUT2D eigenvalue weighted by atomic mass is 10.2. The Hall–Kier alpha value is -3.71. The van der Waals surface area contributed by atoms with E-state index in [4.69, 9.17) is 16.3 Å². The van der Waals surface area contributed by atoms with Crippen molar-refractivity contribution in [1.29, 1.82) is 0 Å². The molecule has 0 saturated carbocycles. The molecule has 8 heteroatoms. The molecule has 156 valence electrons. The van der Waals surface area contributed by atoms with Gasteiger partial charge >= 0.3 is 0 Å². The molecule has 0 bridgehead atoms. The van der Waals surface area contributed by atoms with Crippen LogP contribution in [0.2, 0.25) is 5.02 Å². The van der Waals surface area contributed by atoms with Crippen LogP contribution >= 0.6 is 11.6 Å². The zero-order valence-corrected chi connectivity index (χ0v) is 18.0. The lowest BCUT2D eigenvalue weighted by Crippen LogP contribution is -2.11. The van der Waals surface area contributed by atoms with Gasteiger partial charge in [0.2, 0.25) is 5.88 Å². The predicted molar refractivity (Wildman–Crippen MR) is 119 cm³/mol. The molecule has 0 atom stereocenters. The normalized spacial score (nSPS) is 10.7. The molecular weight excluding hydrogens is 414 g/mol. The van der Waals surface area contributed by atoms with E-state index in [1.807, 2.05) is 25.3 Å². The number of nitrogens with zero attached hydrogens (tertiary/aromatic N) is 4. The number of carbonyl (C=O) groups is 1. The first-order valence-corrected chi connectivity index (χ1v) is 9.98. The van der Waals surface area contributed by atoms with Gasteiger partial charge in [-0.15, -0.1) is 0 Å². The number of halogens is 1. The Morgan fingerprint density at radius 3 is 2.35 bits per heavy atom. The van der Waals surface area contributed by atoms with Gasteiger partial charge in [-0.2, -0.15) is 4.98 Å². The quantitative estimate of drug-likeness (QED) is 0.462. The summed E-state index contributed by atoms with van der Waals surface area (Å²) in [7, 11) is 0. The summed E-state index contributed by atoms with van der Waals surface area (Å²) in [5.41, 5.74) is 3.12. The van der Waals surface area contributed by atoms with E-state index < -0.39 is 0 Å². The third-order valence-electron chi connectivity index (χ3n) is 4.74. The molecule has 1 amide bonds. The summed E-state index contributed by atoms with van der Waals surface area (Å²) < 4.78 is 7.81. The number of hydrogen-bond donors (Lipinski definition) is 1. The number of amides is 1. The molecule has 0 unspecified atom stereocenters. The lowest BCUT2D eigenvalue weighted by Gasteiger charge is -2.10. The third kappa shape index (κ3) is 4.73. The molecule has 0 aliphatic heterocycles. The second-order valence-corrected chi connectivity index (χ2v) is 7.42. The van der Waals surface area contributed by atoms with E-state index in [0.717, 1.165) is 11.4 Å². The monoisotopic (exact) mass is 433 g/mol. The molecule has 0 aliphatic carbocycles. The van der Waals surface area contributed by atoms with Gasteiger partial charge in [-0.25, -0.2) is 9.97 Å². The molecule has 2 aromatic heterocycles. The Bertz CT molecular complexity index is 1230. The SMILES string of the molecule is Cc1nc(Oc2ccc(NC(=O)c3ccc(Cl)cc3)cc2)cc(-n2cnc(C)c2C)n1. The summed E-state index contributed by atoms with van der Waals surface area (Å²) in [6, 6.07) is 15.5. The highest BCUT2D eigenvalue weighted by Crippen LogP contribution is 2.24. The van der Waals surface area contributed by atoms with Crippen LogP contribution in [0.15, 0.2) is 60.9 Å². The fraction of sp³-hybridized carbons (Fsp3) is 0.130. The van der Waals surface area contributed by atoms with Crippen molar-refractivity contribution < 1.29 is 9.53 Å². The molecule has 2 aromatic carbocycles. The van der Waals surface area contributed by atoms with E-state index in [-0.39, 0.29) is 5.91 Å². The third-order valence-corrected chi connectivity index (χ3v) is 4.99. The first-order valence-electron chi connectivity index (χ1n) is 9.60. The highest BCUT2D eigenvalue weighted by atomic mass is 35.5. The Morgan fingerprint density at radius 1 is 1.00 bits per heavy atom. The number of benzene rings is 2. The molecule has 0 aliphatic rings. The van der Waals surface area contributed by atoms with Crippen molar-refractivity contribution in [2.75, 3.05) is 5.32 Å². The lowest BCUT2D eigenvalue weighted by molar-refractivity contribution is 0.102. The molecule has 31 heavy (non-hydrogen) atoms. The van der Waals surface area contributed by atoms with Crippen molar-refractivity contribution in [3.63, 3.8) is 0 Å². The van der Waals surface area contributed by atoms with Crippen LogP contribution in [0.5, 0.6) is 11.6 Å². The number of ether oxygens (including phenoxy) is 1. The maximum Gasteiger partial charge on any atom is 0.255 e. The van der Waals surface area contributed by atoms with Gasteiger partial charge in [0.05, 0.1) is 5.69 Å². The Balaban J connectivity index is 1.48. The summed E-state index contributed by atoms with van der Waals surface area (Å²) >= 11 is 5.86. The van der Waals surface area contributed by atoms with Gasteiger partial charge in [0.1, 0.15) is 23.7 Å². The summed E-state index contributed by atoms with van der Waals surface area (Å²) in [6.07, 6.45) is 1.73. The average Bonchev–Trinajstić information content (AvgIpc) is 3.08. The van der Waals surface area contributed by atoms with Gasteiger partial charge in [0.15, 0.2) is 0 Å². The molecule has 4 aromatic rings. The van der Waals surface area contributed by atoms with Gasteiger partial charge in [0.25, 0.3) is 5.91 Å². The van der Waals surface area contributed by atoms with E-state index in [9.17, 15) is 4.79 Å². The van der Waals surface area contributed by atoms with Crippen LogP contribution in [-0.4, -0.2) is 25.4 Å². The Labute approximate surface area is 184 Å². The van der Waals surface area contributed by atoms with Crippen LogP contribution in [0, 0.1) is 20.8 Å². The van der Waals surface area contributed by atoms with Gasteiger partial charge in [-0.3, -0.25) is 9.36 Å². The predicted octanol–water partition coefficient (Wildman–Crippen LogP) is 5.29. The zero-order valence-electron chi connectivity index (χ0n) is 17.3. The minimum atomic E-state index is -0.215. The van der Waals surface area contributed by atoms with Crippen molar-refractivity contribution in [1.82, 2.24) is 19.5 Å². The highest BCUT2D eigenvalue weighted by molar-refractivity contribution is 6.30. The topological polar surface area (TPSA) is 81.9 Å². The van der Waals surface area contributed by atoms with Crippen LogP contribution in [0.1, 0.15) is 27.6 Å². The van der Waals surface area contributed by atoms with Crippen LogP contribution in [0.3, 0.4) is 0 Å². The second kappa shape index (κ2) is 8.57. The standard InChI is InChI=1S/C23H20ClN5O2/c1-14-15(2)29(13-25-14)21-12-22(27-16(3)26-21)31-20-10-8-19(9-11-20)28-23(30)17-4-6-18(24)7-5-17/h4-13H,1-3H3,(H,28,30). The first-order chi connectivity index (χ1) is 14.9. The molecule has 0 spiro atoms. The number of aromatic nitrogens is 4. The van der Waals surface area contributed by atoms with Crippen molar-refractivity contribution in [3.8, 4) is 17.4 Å². The first kappa shape index (κ1) is 20.6. The maximum atomic E-state index is 12.3. The van der Waals surface area contributed by atoms with Gasteiger partial charge < -0.3 is 10.1 Å². The van der Waals surface area contributed by atoms with Crippen LogP contribution in [0.4, 0.5) is 5.69 Å². The van der Waals surface area contributed by atoms with Gasteiger partial charge in [-0.1, -0.05) is 11.6 Å². The van der Waals surface area contributed by atoms with E-state index >= 15 is 0 Å². The average molecular weight is 434 g/mol. The smallest absolute Gasteiger partial charge is 0.255 e. The van der Waals surface area contributed by atoms with Crippen molar-refractivity contribution in [3.05, 3.63) is 88.7 Å². The highest BCUT2D eigenvalue weighted by Gasteiger charge is 2.11. The van der Waals surface area contributed by atoms with E-state index in [1.54, 1.807) is 60.9 Å². The van der Waals surface area contributed by atoms with Crippen molar-refractivity contribution in [2.24, 2.45) is 0 Å². The fourth-order valence-corrected chi connectivity index (χ4v) is 3.09. The minimum absolute atomic E-state index is 0.215.